The van der Waals surface area contributed by atoms with Gasteiger partial charge in [-0.1, -0.05) is 28.5 Å². The van der Waals surface area contributed by atoms with Crippen molar-refractivity contribution in [2.24, 2.45) is 5.18 Å². The van der Waals surface area contributed by atoms with Gasteiger partial charge in [-0.25, -0.2) is 9.97 Å². The summed E-state index contributed by atoms with van der Waals surface area (Å²) in [5.41, 5.74) is -0.490. The highest BCUT2D eigenvalue weighted by molar-refractivity contribution is 7.98. The second-order valence-electron chi connectivity index (χ2n) is 3.57. The molecule has 5 nitrogen and oxygen atoms in total. The molecule has 0 fully saturated rings. The number of nitrogens with zero attached hydrogens (tertiary/aromatic N) is 3. The summed E-state index contributed by atoms with van der Waals surface area (Å²) in [6.45, 7) is 0. The van der Waals surface area contributed by atoms with Crippen LogP contribution in [0.25, 0.3) is 0 Å². The van der Waals surface area contributed by atoms with E-state index < -0.39 is 29.7 Å². The van der Waals surface area contributed by atoms with Gasteiger partial charge in [0.2, 0.25) is 0 Å². The lowest BCUT2D eigenvalue weighted by Crippen LogP contribution is -2.12. The smallest absolute Gasteiger partial charge is 0.197 e. The Hall–Kier alpha value is -1.79. The lowest BCUT2D eigenvalue weighted by atomic mass is 10.0. The van der Waals surface area contributed by atoms with Crippen molar-refractivity contribution in [3.05, 3.63) is 57.7 Å². The molecule has 0 radical (unpaired) electrons. The van der Waals surface area contributed by atoms with Crippen molar-refractivity contribution >= 4 is 29.1 Å². The molecule has 0 aliphatic rings. The van der Waals surface area contributed by atoms with Crippen LogP contribution in [-0.4, -0.2) is 22.0 Å². The molecule has 7 heteroatoms. The van der Waals surface area contributed by atoms with Crippen LogP contribution in [0.1, 0.15) is 26.2 Å². The predicted molar refractivity (Wildman–Crippen MR) is 78.1 cm³/mol. The Morgan fingerprint density at radius 3 is 2.80 bits per heavy atom. The molecule has 0 amide bonds. The van der Waals surface area contributed by atoms with E-state index in [9.17, 15) is 9.70 Å². The maximum absolute atomic E-state index is 12.5. The van der Waals surface area contributed by atoms with Gasteiger partial charge in [0.25, 0.3) is 0 Å². The van der Waals surface area contributed by atoms with Gasteiger partial charge in [-0.3, -0.25) is 4.79 Å². The number of ketones is 1. The molecule has 1 aromatic carbocycles. The van der Waals surface area contributed by atoms with Gasteiger partial charge in [0.15, 0.2) is 17.0 Å². The van der Waals surface area contributed by atoms with Crippen molar-refractivity contribution in [2.75, 3.05) is 6.26 Å². The van der Waals surface area contributed by atoms with E-state index in [2.05, 4.69) is 15.1 Å². The first-order chi connectivity index (χ1) is 10.8. The fourth-order valence-electron chi connectivity index (χ4n) is 1.41. The third-order valence-electron chi connectivity index (χ3n) is 2.35. The molecule has 0 aliphatic heterocycles. The molecule has 0 spiro atoms. The number of aromatic nitrogens is 2. The first-order valence-electron chi connectivity index (χ1n) is 6.88. The molecule has 1 heterocycles. The Morgan fingerprint density at radius 2 is 2.20 bits per heavy atom. The molecule has 1 unspecified atom stereocenters. The van der Waals surface area contributed by atoms with Gasteiger partial charge in [0, 0.05) is 16.8 Å². The van der Waals surface area contributed by atoms with Crippen LogP contribution in [0, 0.1) is 4.91 Å². The Bertz CT molecular complexity index is 776. The first-order valence-corrected chi connectivity index (χ1v) is 6.98. The number of thioether (sulfide) groups is 1. The summed E-state index contributed by atoms with van der Waals surface area (Å²) in [6.07, 6.45) is 1.15. The number of carbonyl (C=O) groups excluding carboxylic acids is 1. The number of benzene rings is 1. The maximum atomic E-state index is 12.5. The second kappa shape index (κ2) is 6.58. The van der Waals surface area contributed by atoms with E-state index in [0.29, 0.717) is 5.02 Å². The van der Waals surface area contributed by atoms with Gasteiger partial charge >= 0.3 is 0 Å². The number of hydrogen-bond donors (Lipinski definition) is 0. The molecule has 0 bridgehead atoms. The number of Topliss-reactive ketones (excluding diaryl/α,β-unsaturated/α-hetero) is 1. The summed E-state index contributed by atoms with van der Waals surface area (Å²) in [5, 5.41) is 3.06. The molecule has 1 aromatic heterocycles. The standard InChI is InChI=1S/C13H10ClN3O2S/c1-20-13-15-7-6-10(16-13)11(17-19)12(18)8-2-4-9(14)5-3-8/h2-7,11H,1H3/i6D,7D,11D. The van der Waals surface area contributed by atoms with E-state index in [1.165, 1.54) is 24.3 Å². The predicted octanol–water partition coefficient (Wildman–Crippen LogP) is 3.54. The van der Waals surface area contributed by atoms with Crippen molar-refractivity contribution in [3.63, 3.8) is 0 Å². The third kappa shape index (κ3) is 3.20. The van der Waals surface area contributed by atoms with E-state index in [4.69, 9.17) is 15.7 Å². The largest absolute Gasteiger partial charge is 0.291 e. The third-order valence-corrected chi connectivity index (χ3v) is 3.15. The second-order valence-corrected chi connectivity index (χ2v) is 4.78. The van der Waals surface area contributed by atoms with Crippen molar-refractivity contribution in [1.29, 1.82) is 0 Å². The zero-order valence-corrected chi connectivity index (χ0v) is 11.8. The topological polar surface area (TPSA) is 72.3 Å². The fourth-order valence-corrected chi connectivity index (χ4v) is 1.86. The van der Waals surface area contributed by atoms with Crippen molar-refractivity contribution in [1.82, 2.24) is 9.97 Å². The Labute approximate surface area is 129 Å². The summed E-state index contributed by atoms with van der Waals surface area (Å²) >= 11 is 6.81. The van der Waals surface area contributed by atoms with Crippen LogP contribution >= 0.6 is 23.4 Å². The van der Waals surface area contributed by atoms with Crippen molar-refractivity contribution in [2.45, 2.75) is 11.2 Å². The molecule has 20 heavy (non-hydrogen) atoms. The van der Waals surface area contributed by atoms with Crippen LogP contribution in [0.5, 0.6) is 0 Å². The molecule has 0 aliphatic carbocycles. The SMILES string of the molecule is [2H]c1nc(SC)nc(C([2H])(N=O)C(=O)c2ccc(Cl)cc2)c1[2H]. The van der Waals surface area contributed by atoms with Crippen LogP contribution in [0.2, 0.25) is 5.02 Å². The summed E-state index contributed by atoms with van der Waals surface area (Å²) in [4.78, 5) is 31.4. The van der Waals surface area contributed by atoms with Gasteiger partial charge in [-0.15, -0.1) is 4.91 Å². The van der Waals surface area contributed by atoms with Crippen LogP contribution in [0.15, 0.2) is 46.8 Å². The van der Waals surface area contributed by atoms with E-state index in [-0.39, 0.29) is 10.7 Å². The van der Waals surface area contributed by atoms with Gasteiger partial charge in [0.05, 0.1) is 9.81 Å². The minimum Gasteiger partial charge on any atom is -0.291 e. The molecule has 2 rings (SSSR count). The zero-order valence-electron chi connectivity index (χ0n) is 13.3. The van der Waals surface area contributed by atoms with Crippen LogP contribution < -0.4 is 0 Å². The molecule has 0 saturated carbocycles. The van der Waals surface area contributed by atoms with Crippen molar-refractivity contribution in [3.8, 4) is 0 Å². The number of carbonyl (C=O) groups is 1. The molecule has 102 valence electrons. The normalized spacial score (nSPS) is 15.6. The van der Waals surface area contributed by atoms with E-state index >= 15 is 0 Å². The summed E-state index contributed by atoms with van der Waals surface area (Å²) < 4.78 is 23.6. The highest BCUT2D eigenvalue weighted by atomic mass is 35.5. The van der Waals surface area contributed by atoms with E-state index in [1.54, 1.807) is 6.26 Å². The first kappa shape index (κ1) is 10.9. The molecule has 2 aromatic rings. The summed E-state index contributed by atoms with van der Waals surface area (Å²) in [6, 6.07) is 2.31. The zero-order chi connectivity index (χ0) is 17.2. The quantitative estimate of drug-likeness (QED) is 0.365. The van der Waals surface area contributed by atoms with Gasteiger partial charge in [-0.05, 0) is 36.6 Å². The van der Waals surface area contributed by atoms with Crippen molar-refractivity contribution < 1.29 is 8.91 Å². The molecule has 0 N–H and O–H groups in total. The molecular formula is C13H10ClN3O2S. The summed E-state index contributed by atoms with van der Waals surface area (Å²) in [5.74, 6) is -0.956. The molecular weight excluding hydrogens is 298 g/mol. The highest BCUT2D eigenvalue weighted by Gasteiger charge is 2.24. The average Bonchev–Trinajstić information content (AvgIpc) is 2.56. The number of rotatable bonds is 5. The fraction of sp³-hybridized carbons (Fsp3) is 0.154. The Kier molecular flexibility index (Phi) is 3.60. The van der Waals surface area contributed by atoms with Gasteiger partial charge in [0.1, 0.15) is 0 Å². The minimum atomic E-state index is -2.67. The molecule has 1 atom stereocenters. The van der Waals surface area contributed by atoms with Crippen LogP contribution in [-0.2, 0) is 0 Å². The minimum absolute atomic E-state index is 0.0271. The lowest BCUT2D eigenvalue weighted by molar-refractivity contribution is 0.0960. The maximum Gasteiger partial charge on any atom is 0.197 e. The lowest BCUT2D eigenvalue weighted by Gasteiger charge is -2.08. The Morgan fingerprint density at radius 1 is 1.50 bits per heavy atom. The van der Waals surface area contributed by atoms with E-state index in [1.807, 2.05) is 0 Å². The number of halogens is 1. The van der Waals surface area contributed by atoms with Gasteiger partial charge in [-0.2, -0.15) is 0 Å². The number of nitroso groups, excluding NO2 is 1. The number of hydrogen-bond acceptors (Lipinski definition) is 6. The average molecular weight is 311 g/mol. The highest BCUT2D eigenvalue weighted by Crippen LogP contribution is 2.22. The van der Waals surface area contributed by atoms with E-state index in [0.717, 1.165) is 11.8 Å². The Balaban J connectivity index is 2.61. The van der Waals surface area contributed by atoms with Crippen LogP contribution in [0.3, 0.4) is 0 Å². The monoisotopic (exact) mass is 310 g/mol. The van der Waals surface area contributed by atoms with Gasteiger partial charge < -0.3 is 0 Å². The summed E-state index contributed by atoms with van der Waals surface area (Å²) in [7, 11) is 0. The molecule has 0 saturated heterocycles. The van der Waals surface area contributed by atoms with Crippen LogP contribution in [0.4, 0.5) is 0 Å².